The number of rotatable bonds is 5. The van der Waals surface area contributed by atoms with Crippen molar-refractivity contribution in [1.29, 1.82) is 0 Å². The summed E-state index contributed by atoms with van der Waals surface area (Å²) in [5, 5.41) is 0. The highest BCUT2D eigenvalue weighted by Gasteiger charge is 2.12. The average molecular weight is 321 g/mol. The zero-order valence-electron chi connectivity index (χ0n) is 14.0. The highest BCUT2D eigenvalue weighted by molar-refractivity contribution is 5.51. The molecule has 122 valence electrons. The molecule has 5 nitrogen and oxygen atoms in total. The van der Waals surface area contributed by atoms with Crippen molar-refractivity contribution in [1.82, 2.24) is 15.0 Å². The Balaban J connectivity index is 1.91. The van der Waals surface area contributed by atoms with E-state index in [-0.39, 0.29) is 0 Å². The maximum atomic E-state index is 5.95. The highest BCUT2D eigenvalue weighted by Crippen LogP contribution is 2.28. The van der Waals surface area contributed by atoms with Gasteiger partial charge in [0.2, 0.25) is 5.88 Å². The van der Waals surface area contributed by atoms with E-state index in [9.17, 15) is 0 Å². The molecule has 0 fully saturated rings. The first-order valence-corrected chi connectivity index (χ1v) is 7.84. The summed E-state index contributed by atoms with van der Waals surface area (Å²) < 4.78 is 11.4. The predicted octanol–water partition coefficient (Wildman–Crippen LogP) is 4.35. The third kappa shape index (κ3) is 3.51. The number of aromatic nitrogens is 3. The minimum atomic E-state index is 0.535. The molecule has 0 bridgehead atoms. The SMILES string of the molecule is CCOc1ccc(Oc2nc(-c3ccccn3)nc(C)c2C)cc1. The van der Waals surface area contributed by atoms with Gasteiger partial charge in [0.05, 0.1) is 6.61 Å². The number of hydrogen-bond donors (Lipinski definition) is 0. The number of hydrogen-bond acceptors (Lipinski definition) is 5. The Kier molecular flexibility index (Phi) is 4.70. The Bertz CT molecular complexity index is 818. The van der Waals surface area contributed by atoms with Crippen LogP contribution in [0, 0.1) is 13.8 Å². The first-order chi connectivity index (χ1) is 11.7. The van der Waals surface area contributed by atoms with E-state index in [0.29, 0.717) is 24.1 Å². The number of nitrogens with zero attached hydrogens (tertiary/aromatic N) is 3. The third-order valence-electron chi connectivity index (χ3n) is 3.59. The number of benzene rings is 1. The van der Waals surface area contributed by atoms with Crippen molar-refractivity contribution in [2.45, 2.75) is 20.8 Å². The van der Waals surface area contributed by atoms with Gasteiger partial charge in [0.1, 0.15) is 17.2 Å². The molecule has 0 amide bonds. The molecule has 3 aromatic rings. The number of pyridine rings is 1. The smallest absolute Gasteiger partial charge is 0.226 e. The van der Waals surface area contributed by atoms with Crippen LogP contribution in [0.15, 0.2) is 48.7 Å². The maximum Gasteiger partial charge on any atom is 0.226 e. The van der Waals surface area contributed by atoms with Gasteiger partial charge in [-0.25, -0.2) is 4.98 Å². The van der Waals surface area contributed by atoms with Crippen LogP contribution in [0.25, 0.3) is 11.5 Å². The van der Waals surface area contributed by atoms with Gasteiger partial charge in [-0.15, -0.1) is 0 Å². The van der Waals surface area contributed by atoms with Crippen LogP contribution < -0.4 is 9.47 Å². The lowest BCUT2D eigenvalue weighted by molar-refractivity contribution is 0.339. The number of aryl methyl sites for hydroxylation is 1. The van der Waals surface area contributed by atoms with E-state index in [2.05, 4.69) is 15.0 Å². The van der Waals surface area contributed by atoms with Crippen LogP contribution in [-0.4, -0.2) is 21.6 Å². The molecule has 24 heavy (non-hydrogen) atoms. The summed E-state index contributed by atoms with van der Waals surface area (Å²) in [5.74, 6) is 2.60. The highest BCUT2D eigenvalue weighted by atomic mass is 16.5. The summed E-state index contributed by atoms with van der Waals surface area (Å²) >= 11 is 0. The molecular formula is C19H19N3O2. The Morgan fingerprint density at radius 3 is 2.33 bits per heavy atom. The lowest BCUT2D eigenvalue weighted by Crippen LogP contribution is -2.01. The van der Waals surface area contributed by atoms with Gasteiger partial charge in [-0.3, -0.25) is 4.98 Å². The fourth-order valence-electron chi connectivity index (χ4n) is 2.19. The van der Waals surface area contributed by atoms with Crippen molar-refractivity contribution in [3.8, 4) is 28.9 Å². The predicted molar refractivity (Wildman–Crippen MR) is 92.4 cm³/mol. The summed E-state index contributed by atoms with van der Waals surface area (Å²) in [6.45, 7) is 6.48. The molecule has 0 saturated carbocycles. The Morgan fingerprint density at radius 2 is 1.67 bits per heavy atom. The zero-order chi connectivity index (χ0) is 16.9. The zero-order valence-corrected chi connectivity index (χ0v) is 14.0. The molecule has 0 saturated heterocycles. The molecule has 5 heteroatoms. The second-order valence-corrected chi connectivity index (χ2v) is 5.28. The quantitative estimate of drug-likeness (QED) is 0.699. The standard InChI is InChI=1S/C19H19N3O2/c1-4-23-15-8-10-16(11-9-15)24-19-13(2)14(3)21-18(22-19)17-7-5-6-12-20-17/h5-12H,4H2,1-3H3. The van der Waals surface area contributed by atoms with Crippen molar-refractivity contribution in [2.75, 3.05) is 6.61 Å². The van der Waals surface area contributed by atoms with E-state index >= 15 is 0 Å². The molecule has 3 rings (SSSR count). The molecule has 0 unspecified atom stereocenters. The van der Waals surface area contributed by atoms with Gasteiger partial charge in [-0.1, -0.05) is 6.07 Å². The van der Waals surface area contributed by atoms with Crippen LogP contribution in [-0.2, 0) is 0 Å². The van der Waals surface area contributed by atoms with E-state index in [4.69, 9.17) is 9.47 Å². The van der Waals surface area contributed by atoms with Crippen molar-refractivity contribution in [2.24, 2.45) is 0 Å². The summed E-state index contributed by atoms with van der Waals surface area (Å²) in [6.07, 6.45) is 1.72. The van der Waals surface area contributed by atoms with E-state index < -0.39 is 0 Å². The van der Waals surface area contributed by atoms with Crippen LogP contribution in [0.5, 0.6) is 17.4 Å². The monoisotopic (exact) mass is 321 g/mol. The van der Waals surface area contributed by atoms with Crippen LogP contribution in [0.2, 0.25) is 0 Å². The van der Waals surface area contributed by atoms with Gasteiger partial charge in [0, 0.05) is 17.5 Å². The molecule has 1 aromatic carbocycles. The molecule has 2 aromatic heterocycles. The van der Waals surface area contributed by atoms with Gasteiger partial charge in [0.15, 0.2) is 5.82 Å². The van der Waals surface area contributed by atoms with Gasteiger partial charge in [0.25, 0.3) is 0 Å². The summed E-state index contributed by atoms with van der Waals surface area (Å²) in [5.41, 5.74) is 2.49. The fraction of sp³-hybridized carbons (Fsp3) is 0.211. The van der Waals surface area contributed by atoms with Gasteiger partial charge >= 0.3 is 0 Å². The van der Waals surface area contributed by atoms with E-state index in [0.717, 1.165) is 22.7 Å². The Labute approximate surface area is 141 Å². The van der Waals surface area contributed by atoms with Gasteiger partial charge < -0.3 is 9.47 Å². The van der Waals surface area contributed by atoms with Crippen molar-refractivity contribution < 1.29 is 9.47 Å². The van der Waals surface area contributed by atoms with E-state index in [1.165, 1.54) is 0 Å². The lowest BCUT2D eigenvalue weighted by atomic mass is 10.2. The summed E-state index contributed by atoms with van der Waals surface area (Å²) in [7, 11) is 0. The second-order valence-electron chi connectivity index (χ2n) is 5.28. The molecule has 0 aliphatic heterocycles. The Hall–Kier alpha value is -2.95. The molecular weight excluding hydrogens is 302 g/mol. The second kappa shape index (κ2) is 7.08. The first-order valence-electron chi connectivity index (χ1n) is 7.84. The van der Waals surface area contributed by atoms with Crippen molar-refractivity contribution in [3.05, 3.63) is 59.9 Å². The Morgan fingerprint density at radius 1 is 0.917 bits per heavy atom. The van der Waals surface area contributed by atoms with Crippen LogP contribution in [0.1, 0.15) is 18.2 Å². The molecule has 0 aliphatic carbocycles. The lowest BCUT2D eigenvalue weighted by Gasteiger charge is -2.11. The van der Waals surface area contributed by atoms with Crippen LogP contribution in [0.3, 0.4) is 0 Å². The molecule has 0 N–H and O–H groups in total. The maximum absolute atomic E-state index is 5.95. The minimum absolute atomic E-state index is 0.535. The molecule has 0 spiro atoms. The molecule has 0 radical (unpaired) electrons. The van der Waals surface area contributed by atoms with Gasteiger partial charge in [-0.2, -0.15) is 4.98 Å². The van der Waals surface area contributed by atoms with Crippen molar-refractivity contribution in [3.63, 3.8) is 0 Å². The first kappa shape index (κ1) is 15.9. The van der Waals surface area contributed by atoms with Crippen molar-refractivity contribution >= 4 is 0 Å². The van der Waals surface area contributed by atoms with Crippen LogP contribution >= 0.6 is 0 Å². The molecule has 0 aliphatic rings. The largest absolute Gasteiger partial charge is 0.494 e. The number of ether oxygens (including phenoxy) is 2. The summed E-state index contributed by atoms with van der Waals surface area (Å²) in [4.78, 5) is 13.3. The normalized spacial score (nSPS) is 10.5. The molecule has 0 atom stereocenters. The van der Waals surface area contributed by atoms with Crippen LogP contribution in [0.4, 0.5) is 0 Å². The average Bonchev–Trinajstić information content (AvgIpc) is 2.61. The topological polar surface area (TPSA) is 57.1 Å². The summed E-state index contributed by atoms with van der Waals surface area (Å²) in [6, 6.07) is 13.1. The third-order valence-corrected chi connectivity index (χ3v) is 3.59. The van der Waals surface area contributed by atoms with Gasteiger partial charge in [-0.05, 0) is 57.2 Å². The van der Waals surface area contributed by atoms with E-state index in [1.807, 2.05) is 63.2 Å². The molecule has 2 heterocycles. The minimum Gasteiger partial charge on any atom is -0.494 e. The fourth-order valence-corrected chi connectivity index (χ4v) is 2.19. The van der Waals surface area contributed by atoms with E-state index in [1.54, 1.807) is 6.20 Å².